The smallest absolute Gasteiger partial charge is 0.171 e. The molecule has 6 heteroatoms. The molecule has 0 amide bonds. The summed E-state index contributed by atoms with van der Waals surface area (Å²) in [6, 6.07) is 16.1. The average molecular weight is 361 g/mol. The third kappa shape index (κ3) is 5.62. The van der Waals surface area contributed by atoms with E-state index in [1.54, 1.807) is 14.2 Å². The molecule has 2 rings (SSSR count). The van der Waals surface area contributed by atoms with E-state index in [4.69, 9.17) is 21.7 Å². The van der Waals surface area contributed by atoms with Gasteiger partial charge in [0.25, 0.3) is 0 Å². The van der Waals surface area contributed by atoms with Crippen LogP contribution >= 0.6 is 12.2 Å². The first-order valence-corrected chi connectivity index (χ1v) is 8.57. The normalized spacial score (nSPS) is 11.7. The van der Waals surface area contributed by atoms with Gasteiger partial charge in [0.1, 0.15) is 17.5 Å². The van der Waals surface area contributed by atoms with Crippen molar-refractivity contribution in [2.45, 2.75) is 6.04 Å². The summed E-state index contributed by atoms with van der Waals surface area (Å²) < 4.78 is 10.4. The van der Waals surface area contributed by atoms with Crippen LogP contribution < -0.4 is 25.0 Å². The molecule has 0 saturated heterocycles. The number of anilines is 1. The lowest BCUT2D eigenvalue weighted by Gasteiger charge is -2.23. The van der Waals surface area contributed by atoms with Crippen molar-refractivity contribution in [1.82, 2.24) is 5.32 Å². The Morgan fingerprint density at radius 2 is 1.48 bits per heavy atom. The van der Waals surface area contributed by atoms with Crippen molar-refractivity contribution in [2.24, 2.45) is 0 Å². The molecule has 0 aromatic heterocycles. The number of likely N-dealkylation sites (N-methyl/N-ethyl adjacent to an activating group) is 1. The molecule has 25 heavy (non-hydrogen) atoms. The zero-order chi connectivity index (χ0) is 18.2. The van der Waals surface area contributed by atoms with Crippen molar-refractivity contribution < 1.29 is 14.4 Å². The molecule has 0 unspecified atom stereocenters. The van der Waals surface area contributed by atoms with Crippen LogP contribution in [0.15, 0.2) is 48.5 Å². The number of methoxy groups -OCH3 is 2. The van der Waals surface area contributed by atoms with Crippen LogP contribution in [0.3, 0.4) is 0 Å². The molecule has 1 atom stereocenters. The Morgan fingerprint density at radius 3 is 1.96 bits per heavy atom. The first kappa shape index (κ1) is 19.0. The minimum Gasteiger partial charge on any atom is -0.497 e. The van der Waals surface area contributed by atoms with Crippen LogP contribution in [0.5, 0.6) is 11.5 Å². The van der Waals surface area contributed by atoms with Crippen LogP contribution in [0.25, 0.3) is 0 Å². The predicted octanol–water partition coefficient (Wildman–Crippen LogP) is 1.88. The third-order valence-corrected chi connectivity index (χ3v) is 4.28. The quantitative estimate of drug-likeness (QED) is 0.658. The average Bonchev–Trinajstić information content (AvgIpc) is 2.62. The molecule has 0 bridgehead atoms. The molecule has 0 spiro atoms. The van der Waals surface area contributed by atoms with Gasteiger partial charge in [0.15, 0.2) is 5.11 Å². The number of nitrogens with one attached hydrogen (secondary N) is 3. The minimum atomic E-state index is 0.279. The fourth-order valence-electron chi connectivity index (χ4n) is 2.54. The summed E-state index contributed by atoms with van der Waals surface area (Å²) in [5.41, 5.74) is 2.16. The maximum atomic E-state index is 5.41. The van der Waals surface area contributed by atoms with E-state index >= 15 is 0 Å². The Bertz CT molecular complexity index is 672. The van der Waals surface area contributed by atoms with Crippen molar-refractivity contribution >= 4 is 23.0 Å². The van der Waals surface area contributed by atoms with E-state index in [1.165, 1.54) is 10.5 Å². The van der Waals surface area contributed by atoms with Crippen LogP contribution in [-0.4, -0.2) is 40.0 Å². The Kier molecular flexibility index (Phi) is 7.03. The van der Waals surface area contributed by atoms with E-state index in [-0.39, 0.29) is 6.04 Å². The highest BCUT2D eigenvalue weighted by molar-refractivity contribution is 7.80. The lowest BCUT2D eigenvalue weighted by Crippen LogP contribution is -3.07. The number of hydrogen-bond donors (Lipinski definition) is 3. The molecule has 3 N–H and O–H groups in total. The molecule has 2 aromatic carbocycles. The van der Waals surface area contributed by atoms with E-state index in [9.17, 15) is 0 Å². The lowest BCUT2D eigenvalue weighted by molar-refractivity contribution is -0.890. The summed E-state index contributed by atoms with van der Waals surface area (Å²) >= 11 is 5.41. The van der Waals surface area contributed by atoms with E-state index in [2.05, 4.69) is 36.9 Å². The number of hydrogen-bond acceptors (Lipinski definition) is 3. The molecular weight excluding hydrogens is 334 g/mol. The van der Waals surface area contributed by atoms with Crippen molar-refractivity contribution in [2.75, 3.05) is 40.2 Å². The molecular formula is C19H26N3O2S+. The standard InChI is InChI=1S/C19H25N3O2S/c1-22(2)18(14-5-9-16(23-3)10-6-14)13-20-19(25)21-15-7-11-17(24-4)12-8-15/h5-12,18H,13H2,1-4H3,(H2,20,21,25)/p+1/t18-/m1/s1. The predicted molar refractivity (Wildman–Crippen MR) is 106 cm³/mol. The van der Waals surface area contributed by atoms with Gasteiger partial charge in [-0.05, 0) is 60.7 Å². The summed E-state index contributed by atoms with van der Waals surface area (Å²) in [6.07, 6.45) is 0. The van der Waals surface area contributed by atoms with Crippen LogP contribution in [0.4, 0.5) is 5.69 Å². The Balaban J connectivity index is 1.93. The molecule has 134 valence electrons. The molecule has 5 nitrogen and oxygen atoms in total. The Morgan fingerprint density at radius 1 is 0.960 bits per heavy atom. The van der Waals surface area contributed by atoms with Gasteiger partial charge in [0, 0.05) is 11.3 Å². The highest BCUT2D eigenvalue weighted by Gasteiger charge is 2.18. The second-order valence-corrected chi connectivity index (χ2v) is 6.37. The van der Waals surface area contributed by atoms with Crippen LogP contribution in [-0.2, 0) is 0 Å². The van der Waals surface area contributed by atoms with E-state index in [0.29, 0.717) is 5.11 Å². The first-order chi connectivity index (χ1) is 12.0. The van der Waals surface area contributed by atoms with Gasteiger partial charge in [0.2, 0.25) is 0 Å². The lowest BCUT2D eigenvalue weighted by atomic mass is 10.1. The third-order valence-electron chi connectivity index (χ3n) is 4.03. The minimum absolute atomic E-state index is 0.279. The van der Waals surface area contributed by atoms with Crippen molar-refractivity contribution in [1.29, 1.82) is 0 Å². The highest BCUT2D eigenvalue weighted by atomic mass is 32.1. The van der Waals surface area contributed by atoms with E-state index in [1.807, 2.05) is 36.4 Å². The van der Waals surface area contributed by atoms with Crippen LogP contribution in [0.2, 0.25) is 0 Å². The van der Waals surface area contributed by atoms with E-state index in [0.717, 1.165) is 23.7 Å². The molecule has 0 heterocycles. The Labute approximate surface area is 154 Å². The summed E-state index contributed by atoms with van der Waals surface area (Å²) in [4.78, 5) is 1.32. The van der Waals surface area contributed by atoms with Gasteiger partial charge in [-0.15, -0.1) is 0 Å². The number of ether oxygens (including phenoxy) is 2. The fourth-order valence-corrected chi connectivity index (χ4v) is 2.74. The van der Waals surface area contributed by atoms with Crippen LogP contribution in [0, 0.1) is 0 Å². The van der Waals surface area contributed by atoms with Gasteiger partial charge in [0.05, 0.1) is 34.9 Å². The second kappa shape index (κ2) is 9.25. The van der Waals surface area contributed by atoms with Gasteiger partial charge in [-0.2, -0.15) is 0 Å². The zero-order valence-corrected chi connectivity index (χ0v) is 15.9. The van der Waals surface area contributed by atoms with Gasteiger partial charge in [-0.1, -0.05) is 0 Å². The molecule has 0 aliphatic rings. The molecule has 0 saturated carbocycles. The second-order valence-electron chi connectivity index (χ2n) is 5.97. The van der Waals surface area contributed by atoms with Crippen LogP contribution in [0.1, 0.15) is 11.6 Å². The number of rotatable bonds is 7. The van der Waals surface area contributed by atoms with Crippen molar-refractivity contribution in [3.63, 3.8) is 0 Å². The fraction of sp³-hybridized carbons (Fsp3) is 0.316. The number of quaternary nitrogens is 1. The topological polar surface area (TPSA) is 47.0 Å². The van der Waals surface area contributed by atoms with E-state index < -0.39 is 0 Å². The summed E-state index contributed by atoms with van der Waals surface area (Å²) in [6.45, 7) is 0.733. The van der Waals surface area contributed by atoms with Gasteiger partial charge >= 0.3 is 0 Å². The summed E-state index contributed by atoms with van der Waals surface area (Å²) in [7, 11) is 7.60. The highest BCUT2D eigenvalue weighted by Crippen LogP contribution is 2.16. The summed E-state index contributed by atoms with van der Waals surface area (Å²) in [5.74, 6) is 1.68. The van der Waals surface area contributed by atoms with Gasteiger partial charge < -0.3 is 25.0 Å². The maximum Gasteiger partial charge on any atom is 0.171 e. The molecule has 0 aliphatic carbocycles. The largest absolute Gasteiger partial charge is 0.497 e. The first-order valence-electron chi connectivity index (χ1n) is 8.16. The van der Waals surface area contributed by atoms with Gasteiger partial charge in [-0.3, -0.25) is 0 Å². The zero-order valence-electron chi connectivity index (χ0n) is 15.1. The Hall–Kier alpha value is -2.31. The number of benzene rings is 2. The molecule has 0 radical (unpaired) electrons. The van der Waals surface area contributed by atoms with Crippen molar-refractivity contribution in [3.05, 3.63) is 54.1 Å². The molecule has 0 aliphatic heterocycles. The maximum absolute atomic E-state index is 5.41. The van der Waals surface area contributed by atoms with Crippen molar-refractivity contribution in [3.8, 4) is 11.5 Å². The molecule has 2 aromatic rings. The number of thiocarbonyl (C=S) groups is 1. The summed E-state index contributed by atoms with van der Waals surface area (Å²) in [5, 5.41) is 7.10. The van der Waals surface area contributed by atoms with Gasteiger partial charge in [-0.25, -0.2) is 0 Å². The monoisotopic (exact) mass is 360 g/mol. The SMILES string of the molecule is COc1ccc(NC(=S)NC[C@H](c2ccc(OC)cc2)[NH+](C)C)cc1. The molecule has 0 fully saturated rings.